The molecule has 72 valence electrons. The summed E-state index contributed by atoms with van der Waals surface area (Å²) in [6.45, 7) is 5.43. The molecule has 0 saturated heterocycles. The van der Waals surface area contributed by atoms with Crippen molar-refractivity contribution in [2.24, 2.45) is 0 Å². The zero-order valence-electron chi connectivity index (χ0n) is 8.13. The van der Waals surface area contributed by atoms with Crippen molar-refractivity contribution in [2.75, 3.05) is 0 Å². The third-order valence-corrected chi connectivity index (χ3v) is 1.87. The number of aliphatic hydroxyl groups is 1. The maximum atomic E-state index is 10.7. The molecule has 0 aliphatic heterocycles. The van der Waals surface area contributed by atoms with Gasteiger partial charge in [0.25, 0.3) is 0 Å². The molecule has 0 saturated carbocycles. The van der Waals surface area contributed by atoms with Crippen molar-refractivity contribution in [1.82, 2.24) is 5.32 Å². The molecule has 2 N–H and O–H groups in total. The van der Waals surface area contributed by atoms with E-state index in [9.17, 15) is 9.90 Å². The van der Waals surface area contributed by atoms with Crippen LogP contribution in [-0.4, -0.2) is 23.2 Å². The fraction of sp³-hybridized carbons (Fsp3) is 0.889. The molecule has 3 heteroatoms. The van der Waals surface area contributed by atoms with Gasteiger partial charge in [-0.25, -0.2) is 0 Å². The number of carbonyl (C=O) groups is 1. The Bertz CT molecular complexity index is 136. The minimum absolute atomic E-state index is 0.0686. The number of nitrogens with one attached hydrogen (secondary N) is 1. The van der Waals surface area contributed by atoms with Gasteiger partial charge in [0, 0.05) is 6.92 Å². The summed E-state index contributed by atoms with van der Waals surface area (Å²) in [5, 5.41) is 12.2. The van der Waals surface area contributed by atoms with Crippen LogP contribution >= 0.6 is 0 Å². The highest BCUT2D eigenvalue weighted by atomic mass is 16.3. The average molecular weight is 173 g/mol. The van der Waals surface area contributed by atoms with Crippen molar-refractivity contribution in [3.05, 3.63) is 0 Å². The molecule has 0 aromatic rings. The Morgan fingerprint density at radius 3 is 2.42 bits per heavy atom. The molecule has 0 fully saturated rings. The van der Waals surface area contributed by atoms with E-state index in [-0.39, 0.29) is 11.9 Å². The highest BCUT2D eigenvalue weighted by Crippen LogP contribution is 2.05. The molecular formula is C9H19NO2. The van der Waals surface area contributed by atoms with Gasteiger partial charge in [-0.15, -0.1) is 0 Å². The first-order valence-corrected chi connectivity index (χ1v) is 4.57. The molecule has 0 heterocycles. The highest BCUT2D eigenvalue weighted by Gasteiger charge is 2.16. The van der Waals surface area contributed by atoms with E-state index in [0.29, 0.717) is 6.42 Å². The minimum atomic E-state index is -0.408. The summed E-state index contributed by atoms with van der Waals surface area (Å²) in [6, 6.07) is -0.0718. The van der Waals surface area contributed by atoms with Gasteiger partial charge in [0.05, 0.1) is 12.1 Å². The maximum Gasteiger partial charge on any atom is 0.217 e. The largest absolute Gasteiger partial charge is 0.391 e. The van der Waals surface area contributed by atoms with Crippen LogP contribution in [0.1, 0.15) is 40.0 Å². The lowest BCUT2D eigenvalue weighted by atomic mass is 10.0. The van der Waals surface area contributed by atoms with E-state index in [0.717, 1.165) is 12.8 Å². The van der Waals surface area contributed by atoms with Crippen LogP contribution in [-0.2, 0) is 4.79 Å². The maximum absolute atomic E-state index is 10.7. The molecular weight excluding hydrogens is 154 g/mol. The molecule has 12 heavy (non-hydrogen) atoms. The third kappa shape index (κ3) is 4.34. The van der Waals surface area contributed by atoms with Gasteiger partial charge < -0.3 is 10.4 Å². The standard InChI is InChI=1S/C9H19NO2/c1-4-6-8(9(12)5-2)10-7(3)11/h8-9,12H,4-6H2,1-3H3,(H,10,11)/t8?,9-/m1/s1. The van der Waals surface area contributed by atoms with Crippen LogP contribution < -0.4 is 5.32 Å². The van der Waals surface area contributed by atoms with Gasteiger partial charge in [0.2, 0.25) is 5.91 Å². The monoisotopic (exact) mass is 173 g/mol. The molecule has 0 aliphatic carbocycles. The van der Waals surface area contributed by atoms with E-state index >= 15 is 0 Å². The van der Waals surface area contributed by atoms with E-state index in [1.54, 1.807) is 0 Å². The summed E-state index contributed by atoms with van der Waals surface area (Å²) in [4.78, 5) is 10.7. The molecule has 0 spiro atoms. The predicted molar refractivity (Wildman–Crippen MR) is 48.8 cm³/mol. The number of aliphatic hydroxyl groups excluding tert-OH is 1. The molecule has 2 atom stereocenters. The van der Waals surface area contributed by atoms with Crippen LogP contribution in [0.4, 0.5) is 0 Å². The van der Waals surface area contributed by atoms with Crippen LogP contribution in [0.15, 0.2) is 0 Å². The molecule has 0 aromatic carbocycles. The fourth-order valence-electron chi connectivity index (χ4n) is 1.22. The van der Waals surface area contributed by atoms with Crippen LogP contribution in [0.2, 0.25) is 0 Å². The average Bonchev–Trinajstić information content (AvgIpc) is 2.01. The Labute approximate surface area is 74.2 Å². The molecule has 0 rings (SSSR count). The zero-order chi connectivity index (χ0) is 9.56. The van der Waals surface area contributed by atoms with Crippen molar-refractivity contribution in [3.8, 4) is 0 Å². The van der Waals surface area contributed by atoms with Crippen LogP contribution in [0.25, 0.3) is 0 Å². The summed E-state index contributed by atoms with van der Waals surface area (Å²) in [5.74, 6) is -0.0686. The molecule has 0 radical (unpaired) electrons. The van der Waals surface area contributed by atoms with Crippen LogP contribution in [0.5, 0.6) is 0 Å². The van der Waals surface area contributed by atoms with Gasteiger partial charge in [-0.2, -0.15) is 0 Å². The van der Waals surface area contributed by atoms with Crippen LogP contribution in [0, 0.1) is 0 Å². The topological polar surface area (TPSA) is 49.3 Å². The van der Waals surface area contributed by atoms with Crippen molar-refractivity contribution < 1.29 is 9.90 Å². The van der Waals surface area contributed by atoms with Gasteiger partial charge in [-0.05, 0) is 12.8 Å². The first-order chi connectivity index (χ1) is 5.61. The van der Waals surface area contributed by atoms with Gasteiger partial charge >= 0.3 is 0 Å². The minimum Gasteiger partial charge on any atom is -0.391 e. The fourth-order valence-corrected chi connectivity index (χ4v) is 1.22. The molecule has 0 aromatic heterocycles. The van der Waals surface area contributed by atoms with E-state index in [1.165, 1.54) is 6.92 Å². The Hall–Kier alpha value is -0.570. The van der Waals surface area contributed by atoms with Crippen molar-refractivity contribution in [2.45, 2.75) is 52.2 Å². The number of amides is 1. The number of hydrogen-bond acceptors (Lipinski definition) is 2. The molecule has 0 aliphatic rings. The molecule has 0 bridgehead atoms. The second-order valence-corrected chi connectivity index (χ2v) is 3.07. The second-order valence-electron chi connectivity index (χ2n) is 3.07. The zero-order valence-corrected chi connectivity index (χ0v) is 8.13. The summed E-state index contributed by atoms with van der Waals surface area (Å²) in [5.41, 5.74) is 0. The lowest BCUT2D eigenvalue weighted by molar-refractivity contribution is -0.120. The Kier molecular flexibility index (Phi) is 5.72. The van der Waals surface area contributed by atoms with Gasteiger partial charge in [0.15, 0.2) is 0 Å². The Balaban J connectivity index is 3.93. The summed E-state index contributed by atoms with van der Waals surface area (Å²) in [7, 11) is 0. The first-order valence-electron chi connectivity index (χ1n) is 4.57. The summed E-state index contributed by atoms with van der Waals surface area (Å²) >= 11 is 0. The van der Waals surface area contributed by atoms with E-state index in [2.05, 4.69) is 5.32 Å². The SMILES string of the molecule is CCCC(NC(C)=O)[C@H](O)CC. The lowest BCUT2D eigenvalue weighted by Gasteiger charge is -2.21. The Morgan fingerprint density at radius 1 is 1.50 bits per heavy atom. The smallest absolute Gasteiger partial charge is 0.217 e. The van der Waals surface area contributed by atoms with E-state index in [1.807, 2.05) is 13.8 Å². The van der Waals surface area contributed by atoms with Crippen molar-refractivity contribution in [3.63, 3.8) is 0 Å². The number of carbonyl (C=O) groups excluding carboxylic acids is 1. The molecule has 1 unspecified atom stereocenters. The van der Waals surface area contributed by atoms with Crippen LogP contribution in [0.3, 0.4) is 0 Å². The van der Waals surface area contributed by atoms with Gasteiger partial charge in [-0.3, -0.25) is 4.79 Å². The first kappa shape index (κ1) is 11.4. The van der Waals surface area contributed by atoms with E-state index < -0.39 is 6.10 Å². The quantitative estimate of drug-likeness (QED) is 0.653. The van der Waals surface area contributed by atoms with Gasteiger partial charge in [-0.1, -0.05) is 20.3 Å². The van der Waals surface area contributed by atoms with Crippen molar-refractivity contribution in [1.29, 1.82) is 0 Å². The molecule has 3 nitrogen and oxygen atoms in total. The second kappa shape index (κ2) is 6.00. The molecule has 1 amide bonds. The highest BCUT2D eigenvalue weighted by molar-refractivity contribution is 5.73. The third-order valence-electron chi connectivity index (χ3n) is 1.87. The Morgan fingerprint density at radius 2 is 2.08 bits per heavy atom. The lowest BCUT2D eigenvalue weighted by Crippen LogP contribution is -2.41. The normalized spacial score (nSPS) is 15.3. The van der Waals surface area contributed by atoms with Crippen molar-refractivity contribution >= 4 is 5.91 Å². The summed E-state index contributed by atoms with van der Waals surface area (Å²) in [6.07, 6.45) is 2.09. The number of rotatable bonds is 5. The van der Waals surface area contributed by atoms with Gasteiger partial charge in [0.1, 0.15) is 0 Å². The predicted octanol–water partition coefficient (Wildman–Crippen LogP) is 1.06. The van der Waals surface area contributed by atoms with E-state index in [4.69, 9.17) is 0 Å². The number of hydrogen-bond donors (Lipinski definition) is 2. The summed E-state index contributed by atoms with van der Waals surface area (Å²) < 4.78 is 0.